The second-order valence-corrected chi connectivity index (χ2v) is 7.65. The molecule has 1 aromatic carbocycles. The van der Waals surface area contributed by atoms with Crippen molar-refractivity contribution in [1.29, 1.82) is 0 Å². The van der Waals surface area contributed by atoms with Crippen LogP contribution in [0, 0.1) is 0 Å². The number of hydrogen-bond acceptors (Lipinski definition) is 3. The number of hydrogen-bond donors (Lipinski definition) is 0. The molecule has 134 valence electrons. The molecule has 0 amide bonds. The summed E-state index contributed by atoms with van der Waals surface area (Å²) in [5.41, 5.74) is -0.934. The largest absolute Gasteiger partial charge is 0.516 e. The zero-order chi connectivity index (χ0) is 18.6. The molecule has 1 aromatic heterocycles. The number of aromatic nitrogens is 2. The van der Waals surface area contributed by atoms with Gasteiger partial charge in [-0.1, -0.05) is 6.07 Å². The van der Waals surface area contributed by atoms with Crippen molar-refractivity contribution in [3.8, 4) is 5.69 Å². The average molecular weight is 417 g/mol. The van der Waals surface area contributed by atoms with Crippen LogP contribution < -0.4 is 5.59 Å². The predicted octanol–water partition coefficient (Wildman–Crippen LogP) is 3.95. The fraction of sp³-hybridized carbons (Fsp3) is 0.438. The van der Waals surface area contributed by atoms with Crippen LogP contribution >= 0.6 is 15.9 Å². The van der Waals surface area contributed by atoms with Crippen molar-refractivity contribution in [3.63, 3.8) is 0 Å². The molecule has 1 saturated heterocycles. The van der Waals surface area contributed by atoms with E-state index in [9.17, 15) is 13.2 Å². The van der Waals surface area contributed by atoms with Crippen LogP contribution in [0.25, 0.3) is 5.69 Å². The van der Waals surface area contributed by atoms with Crippen LogP contribution in [-0.4, -0.2) is 27.9 Å². The van der Waals surface area contributed by atoms with E-state index < -0.39 is 30.1 Å². The summed E-state index contributed by atoms with van der Waals surface area (Å²) in [6.07, 6.45) is -2.79. The first-order valence-electron chi connectivity index (χ1n) is 7.69. The lowest BCUT2D eigenvalue weighted by atomic mass is 9.86. The molecule has 0 N–H and O–H groups in total. The molecule has 1 aliphatic rings. The zero-order valence-electron chi connectivity index (χ0n) is 14.2. The highest BCUT2D eigenvalue weighted by atomic mass is 79.9. The van der Waals surface area contributed by atoms with Gasteiger partial charge >= 0.3 is 13.3 Å². The van der Waals surface area contributed by atoms with Crippen LogP contribution in [-0.2, 0) is 15.5 Å². The Morgan fingerprint density at radius 2 is 1.72 bits per heavy atom. The minimum absolute atomic E-state index is 0.344. The van der Waals surface area contributed by atoms with Gasteiger partial charge in [-0.2, -0.15) is 13.2 Å². The number of imidazole rings is 1. The Hall–Kier alpha value is -1.32. The van der Waals surface area contributed by atoms with Crippen molar-refractivity contribution >= 4 is 28.6 Å². The maximum absolute atomic E-state index is 12.9. The minimum Gasteiger partial charge on any atom is -0.398 e. The fourth-order valence-electron chi connectivity index (χ4n) is 2.47. The molecule has 2 aromatic rings. The van der Waals surface area contributed by atoms with E-state index in [2.05, 4.69) is 20.9 Å². The summed E-state index contributed by atoms with van der Waals surface area (Å²) in [5.74, 6) is 0. The molecule has 0 radical (unpaired) electrons. The highest BCUT2D eigenvalue weighted by molar-refractivity contribution is 9.10. The summed E-state index contributed by atoms with van der Waals surface area (Å²) in [6.45, 7) is 7.69. The topological polar surface area (TPSA) is 36.3 Å². The Labute approximate surface area is 152 Å². The smallest absolute Gasteiger partial charge is 0.398 e. The fourth-order valence-corrected chi connectivity index (χ4v) is 2.98. The minimum atomic E-state index is -4.41. The van der Waals surface area contributed by atoms with Crippen LogP contribution in [0.3, 0.4) is 0 Å². The first kappa shape index (κ1) is 18.5. The van der Waals surface area contributed by atoms with Crippen molar-refractivity contribution in [2.45, 2.75) is 45.1 Å². The Morgan fingerprint density at radius 1 is 1.12 bits per heavy atom. The third kappa shape index (κ3) is 3.37. The first-order valence-corrected chi connectivity index (χ1v) is 8.48. The van der Waals surface area contributed by atoms with Crippen molar-refractivity contribution in [3.05, 3.63) is 40.8 Å². The Bertz CT molecular complexity index is 789. The van der Waals surface area contributed by atoms with Crippen molar-refractivity contribution < 1.29 is 22.5 Å². The van der Waals surface area contributed by atoms with Crippen molar-refractivity contribution in [1.82, 2.24) is 9.55 Å². The van der Waals surface area contributed by atoms with Crippen molar-refractivity contribution in [2.24, 2.45) is 0 Å². The summed E-state index contributed by atoms with van der Waals surface area (Å²) < 4.78 is 52.5. The summed E-state index contributed by atoms with van der Waals surface area (Å²) in [4.78, 5) is 4.34. The van der Waals surface area contributed by atoms with Gasteiger partial charge in [0, 0.05) is 11.9 Å². The van der Waals surface area contributed by atoms with E-state index in [1.165, 1.54) is 10.6 Å². The monoisotopic (exact) mass is 416 g/mol. The molecule has 0 bridgehead atoms. The van der Waals surface area contributed by atoms with Gasteiger partial charge in [-0.3, -0.25) is 4.57 Å². The van der Waals surface area contributed by atoms with E-state index in [-0.39, 0.29) is 0 Å². The van der Waals surface area contributed by atoms with Gasteiger partial charge in [-0.25, -0.2) is 4.98 Å². The molecule has 0 unspecified atom stereocenters. The predicted molar refractivity (Wildman–Crippen MR) is 92.0 cm³/mol. The Kier molecular flexibility index (Phi) is 4.33. The highest BCUT2D eigenvalue weighted by Gasteiger charge is 2.52. The van der Waals surface area contributed by atoms with Gasteiger partial charge in [-0.05, 0) is 61.8 Å². The lowest BCUT2D eigenvalue weighted by molar-refractivity contribution is -0.137. The number of benzene rings is 1. The SMILES string of the molecule is CC1(C)OB(c2cn(-c3cccc(C(F)(F)F)c3)c(Br)n2)OC1(C)C. The van der Waals surface area contributed by atoms with E-state index >= 15 is 0 Å². The van der Waals surface area contributed by atoms with Gasteiger partial charge in [0.1, 0.15) is 0 Å². The lowest BCUT2D eigenvalue weighted by Gasteiger charge is -2.32. The summed E-state index contributed by atoms with van der Waals surface area (Å²) in [6, 6.07) is 5.04. The zero-order valence-corrected chi connectivity index (χ0v) is 15.8. The van der Waals surface area contributed by atoms with Gasteiger partial charge in [-0.15, -0.1) is 0 Å². The van der Waals surface area contributed by atoms with E-state index in [1.54, 1.807) is 12.3 Å². The maximum Gasteiger partial charge on any atom is 0.516 e. The van der Waals surface area contributed by atoms with Crippen LogP contribution in [0.4, 0.5) is 13.2 Å². The van der Waals surface area contributed by atoms with Crippen LogP contribution in [0.1, 0.15) is 33.3 Å². The average Bonchev–Trinajstić information content (AvgIpc) is 2.96. The van der Waals surface area contributed by atoms with Gasteiger partial charge < -0.3 is 9.31 Å². The molecule has 9 heteroatoms. The molecule has 1 fully saturated rings. The maximum atomic E-state index is 12.9. The molecular weight excluding hydrogens is 400 g/mol. The second kappa shape index (κ2) is 5.85. The van der Waals surface area contributed by atoms with E-state index in [0.29, 0.717) is 16.0 Å². The van der Waals surface area contributed by atoms with Crippen molar-refractivity contribution in [2.75, 3.05) is 0 Å². The Morgan fingerprint density at radius 3 is 2.28 bits per heavy atom. The van der Waals surface area contributed by atoms with Gasteiger partial charge in [0.25, 0.3) is 0 Å². The number of nitrogens with zero attached hydrogens (tertiary/aromatic N) is 2. The summed E-state index contributed by atoms with van der Waals surface area (Å²) in [5, 5.41) is 0. The molecule has 25 heavy (non-hydrogen) atoms. The second-order valence-electron chi connectivity index (χ2n) is 6.94. The molecule has 0 saturated carbocycles. The van der Waals surface area contributed by atoms with Crippen LogP contribution in [0.2, 0.25) is 0 Å². The van der Waals surface area contributed by atoms with Crippen LogP contribution in [0.5, 0.6) is 0 Å². The molecular formula is C16H17BBrF3N2O2. The highest BCUT2D eigenvalue weighted by Crippen LogP contribution is 2.36. The van der Waals surface area contributed by atoms with Gasteiger partial charge in [0.2, 0.25) is 0 Å². The van der Waals surface area contributed by atoms with Crippen LogP contribution in [0.15, 0.2) is 35.2 Å². The number of halogens is 4. The van der Waals surface area contributed by atoms with Gasteiger partial charge in [0.15, 0.2) is 4.73 Å². The normalized spacial score (nSPS) is 19.4. The standard InChI is InChI=1S/C16H17BBrF3N2O2/c1-14(2)15(3,4)25-17(24-14)12-9-23(13(18)22-12)11-7-5-6-10(8-11)16(19,20)21/h5-9H,1-4H3. The van der Waals surface area contributed by atoms with E-state index in [1.807, 2.05) is 27.7 Å². The molecule has 0 aliphatic carbocycles. The molecule has 3 rings (SSSR count). The summed E-state index contributed by atoms with van der Waals surface area (Å²) >= 11 is 3.29. The van der Waals surface area contributed by atoms with E-state index in [0.717, 1.165) is 12.1 Å². The molecule has 1 aliphatic heterocycles. The molecule has 0 spiro atoms. The molecule has 0 atom stereocenters. The van der Waals surface area contributed by atoms with E-state index in [4.69, 9.17) is 9.31 Å². The molecule has 4 nitrogen and oxygen atoms in total. The van der Waals surface area contributed by atoms with Gasteiger partial charge in [0.05, 0.1) is 22.4 Å². The first-order chi connectivity index (χ1) is 11.4. The third-order valence-electron chi connectivity index (χ3n) is 4.63. The number of rotatable bonds is 2. The lowest BCUT2D eigenvalue weighted by Crippen LogP contribution is -2.41. The quantitative estimate of drug-likeness (QED) is 0.695. The number of alkyl halides is 3. The molecule has 2 heterocycles. The summed E-state index contributed by atoms with van der Waals surface area (Å²) in [7, 11) is -0.687. The Balaban J connectivity index is 1.95. The third-order valence-corrected chi connectivity index (χ3v) is 5.19.